The quantitative estimate of drug-likeness (QED) is 0.728. The highest BCUT2D eigenvalue weighted by Crippen LogP contribution is 2.15. The molecule has 0 fully saturated rings. The Morgan fingerprint density at radius 3 is 2.67 bits per heavy atom. The van der Waals surface area contributed by atoms with Gasteiger partial charge in [-0.3, -0.25) is 9.69 Å². The molecule has 0 saturated carbocycles. The van der Waals surface area contributed by atoms with Gasteiger partial charge in [-0.05, 0) is 19.2 Å². The summed E-state index contributed by atoms with van der Waals surface area (Å²) >= 11 is 0. The zero-order chi connectivity index (χ0) is 11.5. The van der Waals surface area contributed by atoms with E-state index in [0.717, 1.165) is 4.90 Å². The van der Waals surface area contributed by atoms with Crippen LogP contribution in [0, 0.1) is 0 Å². The van der Waals surface area contributed by atoms with E-state index in [4.69, 9.17) is 4.42 Å². The summed E-state index contributed by atoms with van der Waals surface area (Å²) in [7, 11) is 1.23. The summed E-state index contributed by atoms with van der Waals surface area (Å²) in [5, 5.41) is 0. The fourth-order valence-electron chi connectivity index (χ4n) is 1.12. The summed E-state index contributed by atoms with van der Waals surface area (Å²) < 4.78 is 40.5. The standard InChI is InChI=1S/C9H10F3NO2/c1-13(6-9(10,11)12)5-7(14)8-3-2-4-15-8/h2-4H,5-6H2,1H3. The van der Waals surface area contributed by atoms with Crippen molar-refractivity contribution in [1.29, 1.82) is 0 Å². The van der Waals surface area contributed by atoms with Crippen molar-refractivity contribution in [3.05, 3.63) is 24.2 Å². The van der Waals surface area contributed by atoms with Crippen LogP contribution < -0.4 is 0 Å². The van der Waals surface area contributed by atoms with Crippen molar-refractivity contribution < 1.29 is 22.4 Å². The number of ketones is 1. The topological polar surface area (TPSA) is 33.5 Å². The molecule has 1 aromatic heterocycles. The van der Waals surface area contributed by atoms with Gasteiger partial charge in [0.1, 0.15) is 0 Å². The number of furan rings is 1. The molecule has 0 aliphatic carbocycles. The van der Waals surface area contributed by atoms with E-state index in [0.29, 0.717) is 0 Å². The zero-order valence-corrected chi connectivity index (χ0v) is 8.04. The molecule has 0 radical (unpaired) electrons. The van der Waals surface area contributed by atoms with Crippen LogP contribution in [0.15, 0.2) is 22.8 Å². The monoisotopic (exact) mass is 221 g/mol. The fraction of sp³-hybridized carbons (Fsp3) is 0.444. The largest absolute Gasteiger partial charge is 0.461 e. The molecule has 1 aromatic rings. The third-order valence-corrected chi connectivity index (χ3v) is 1.66. The van der Waals surface area contributed by atoms with Crippen LogP contribution in [0.25, 0.3) is 0 Å². The molecule has 0 aliphatic rings. The third kappa shape index (κ3) is 4.16. The molecule has 0 spiro atoms. The fourth-order valence-corrected chi connectivity index (χ4v) is 1.12. The molecule has 0 atom stereocenters. The van der Waals surface area contributed by atoms with Crippen molar-refractivity contribution in [1.82, 2.24) is 4.90 Å². The first-order chi connectivity index (χ1) is 6.88. The molecule has 6 heteroatoms. The predicted octanol–water partition coefficient (Wildman–Crippen LogP) is 1.96. The highest BCUT2D eigenvalue weighted by molar-refractivity contribution is 5.94. The van der Waals surface area contributed by atoms with Gasteiger partial charge in [-0.25, -0.2) is 0 Å². The van der Waals surface area contributed by atoms with E-state index in [1.807, 2.05) is 0 Å². The minimum absolute atomic E-state index is 0.0732. The number of hydrogen-bond donors (Lipinski definition) is 0. The van der Waals surface area contributed by atoms with E-state index in [9.17, 15) is 18.0 Å². The first kappa shape index (κ1) is 11.8. The molecule has 1 heterocycles. The average Bonchev–Trinajstić information content (AvgIpc) is 2.50. The molecular formula is C9H10F3NO2. The SMILES string of the molecule is CN(CC(=O)c1ccco1)CC(F)(F)F. The predicted molar refractivity (Wildman–Crippen MR) is 46.6 cm³/mol. The van der Waals surface area contributed by atoms with Gasteiger partial charge in [0.2, 0.25) is 5.78 Å². The van der Waals surface area contributed by atoms with Crippen molar-refractivity contribution in [2.45, 2.75) is 6.18 Å². The number of carbonyl (C=O) groups excluding carboxylic acids is 1. The second kappa shape index (κ2) is 4.48. The molecule has 1 rings (SSSR count). The molecule has 15 heavy (non-hydrogen) atoms. The Morgan fingerprint density at radius 2 is 2.20 bits per heavy atom. The molecule has 3 nitrogen and oxygen atoms in total. The summed E-state index contributed by atoms with van der Waals surface area (Å²) in [6.07, 6.45) is -2.99. The molecule has 0 unspecified atom stereocenters. The number of Topliss-reactive ketones (excluding diaryl/α,β-unsaturated/α-hetero) is 1. The lowest BCUT2D eigenvalue weighted by atomic mass is 10.3. The Bertz CT molecular complexity index is 319. The minimum Gasteiger partial charge on any atom is -0.461 e. The first-order valence-corrected chi connectivity index (χ1v) is 4.20. The third-order valence-electron chi connectivity index (χ3n) is 1.66. The summed E-state index contributed by atoms with van der Waals surface area (Å²) in [6, 6.07) is 2.93. The first-order valence-electron chi connectivity index (χ1n) is 4.20. The Kier molecular flexibility index (Phi) is 3.52. The van der Waals surface area contributed by atoms with Crippen molar-refractivity contribution >= 4 is 5.78 Å². The van der Waals surface area contributed by atoms with E-state index in [1.54, 1.807) is 0 Å². The zero-order valence-electron chi connectivity index (χ0n) is 8.04. The van der Waals surface area contributed by atoms with E-state index < -0.39 is 18.5 Å². The number of alkyl halides is 3. The van der Waals surface area contributed by atoms with Gasteiger partial charge in [-0.15, -0.1) is 0 Å². The highest BCUT2D eigenvalue weighted by atomic mass is 19.4. The van der Waals surface area contributed by atoms with Gasteiger partial charge in [0.15, 0.2) is 5.76 Å². The van der Waals surface area contributed by atoms with Crippen LogP contribution in [0.1, 0.15) is 10.6 Å². The van der Waals surface area contributed by atoms with Crippen LogP contribution in [-0.2, 0) is 0 Å². The number of hydrogen-bond acceptors (Lipinski definition) is 3. The normalized spacial score (nSPS) is 12.1. The summed E-state index contributed by atoms with van der Waals surface area (Å²) in [5.74, 6) is -0.393. The van der Waals surface area contributed by atoms with Gasteiger partial charge >= 0.3 is 6.18 Å². The molecule has 0 N–H and O–H groups in total. The van der Waals surface area contributed by atoms with E-state index in [1.165, 1.54) is 25.4 Å². The number of halogens is 3. The molecule has 0 aromatic carbocycles. The Labute approximate surface area is 84.5 Å². The maximum atomic E-state index is 11.9. The highest BCUT2D eigenvalue weighted by Gasteiger charge is 2.30. The number of carbonyl (C=O) groups is 1. The van der Waals surface area contributed by atoms with Crippen molar-refractivity contribution in [2.24, 2.45) is 0 Å². The average molecular weight is 221 g/mol. The molecule has 0 saturated heterocycles. The van der Waals surface area contributed by atoms with Crippen LogP contribution in [-0.4, -0.2) is 37.0 Å². The lowest BCUT2D eigenvalue weighted by molar-refractivity contribution is -0.141. The van der Waals surface area contributed by atoms with E-state index in [-0.39, 0.29) is 12.3 Å². The smallest absolute Gasteiger partial charge is 0.401 e. The Morgan fingerprint density at radius 1 is 1.53 bits per heavy atom. The lowest BCUT2D eigenvalue weighted by Gasteiger charge is -2.16. The summed E-state index contributed by atoms with van der Waals surface area (Å²) in [4.78, 5) is 12.2. The summed E-state index contributed by atoms with van der Waals surface area (Å²) in [6.45, 7) is -1.42. The Balaban J connectivity index is 2.45. The second-order valence-corrected chi connectivity index (χ2v) is 3.19. The van der Waals surface area contributed by atoms with Crippen molar-refractivity contribution in [2.75, 3.05) is 20.1 Å². The minimum atomic E-state index is -4.29. The molecule has 0 aliphatic heterocycles. The van der Waals surface area contributed by atoms with Crippen LogP contribution in [0.5, 0.6) is 0 Å². The number of rotatable bonds is 4. The van der Waals surface area contributed by atoms with Gasteiger partial charge in [0.05, 0.1) is 19.4 Å². The van der Waals surface area contributed by atoms with Gasteiger partial charge in [-0.2, -0.15) is 13.2 Å². The molecule has 0 bridgehead atoms. The van der Waals surface area contributed by atoms with Gasteiger partial charge in [0, 0.05) is 0 Å². The second-order valence-electron chi connectivity index (χ2n) is 3.19. The van der Waals surface area contributed by atoms with Crippen LogP contribution in [0.2, 0.25) is 0 Å². The van der Waals surface area contributed by atoms with Gasteiger partial charge < -0.3 is 4.42 Å². The maximum Gasteiger partial charge on any atom is 0.401 e. The Hall–Kier alpha value is -1.30. The van der Waals surface area contributed by atoms with Crippen LogP contribution >= 0.6 is 0 Å². The number of nitrogens with zero attached hydrogens (tertiary/aromatic N) is 1. The van der Waals surface area contributed by atoms with E-state index >= 15 is 0 Å². The molecular weight excluding hydrogens is 211 g/mol. The van der Waals surface area contributed by atoms with Crippen molar-refractivity contribution in [3.8, 4) is 0 Å². The lowest BCUT2D eigenvalue weighted by Crippen LogP contribution is -2.34. The van der Waals surface area contributed by atoms with Gasteiger partial charge in [0.25, 0.3) is 0 Å². The van der Waals surface area contributed by atoms with Crippen molar-refractivity contribution in [3.63, 3.8) is 0 Å². The molecule has 84 valence electrons. The number of likely N-dealkylation sites (N-methyl/N-ethyl adjacent to an activating group) is 1. The van der Waals surface area contributed by atoms with Gasteiger partial charge in [-0.1, -0.05) is 0 Å². The maximum absolute atomic E-state index is 11.9. The summed E-state index contributed by atoms with van der Waals surface area (Å²) in [5.41, 5.74) is 0. The van der Waals surface area contributed by atoms with Crippen LogP contribution in [0.3, 0.4) is 0 Å². The van der Waals surface area contributed by atoms with E-state index in [2.05, 4.69) is 0 Å². The molecule has 0 amide bonds. The van der Waals surface area contributed by atoms with Crippen LogP contribution in [0.4, 0.5) is 13.2 Å².